The van der Waals surface area contributed by atoms with Crippen LogP contribution in [0.25, 0.3) is 44.5 Å². The van der Waals surface area contributed by atoms with Gasteiger partial charge in [0.05, 0.1) is 11.2 Å². The zero-order valence-corrected chi connectivity index (χ0v) is 17.9. The van der Waals surface area contributed by atoms with Gasteiger partial charge in [0, 0.05) is 21.8 Å². The zero-order chi connectivity index (χ0) is 21.4. The monoisotopic (exact) mass is 411 g/mol. The van der Waals surface area contributed by atoms with Crippen molar-refractivity contribution >= 4 is 45.6 Å². The summed E-state index contributed by atoms with van der Waals surface area (Å²) < 4.78 is 25.0. The molecule has 0 saturated carbocycles. The number of fused-ring (bicyclic) bond motifs is 5. The van der Waals surface area contributed by atoms with Gasteiger partial charge in [0.25, 0.3) is 0 Å². The molecule has 0 aliphatic carbocycles. The van der Waals surface area contributed by atoms with E-state index in [-0.39, 0.29) is 0 Å². The molecule has 5 nitrogen and oxygen atoms in total. The Morgan fingerprint density at radius 2 is 1.42 bits per heavy atom. The van der Waals surface area contributed by atoms with Gasteiger partial charge in [-0.25, -0.2) is 4.98 Å². The minimum atomic E-state index is -0.498. The third-order valence-corrected chi connectivity index (χ3v) is 6.58. The lowest BCUT2D eigenvalue weighted by molar-refractivity contribution is 0.00578. The van der Waals surface area contributed by atoms with Gasteiger partial charge >= 0.3 is 7.12 Å². The Morgan fingerprint density at radius 1 is 0.710 bits per heavy atom. The second-order valence-corrected chi connectivity index (χ2v) is 9.09. The molecule has 5 aromatic rings. The number of aromatic nitrogens is 1. The highest BCUT2D eigenvalue weighted by Crippen LogP contribution is 2.39. The summed E-state index contributed by atoms with van der Waals surface area (Å²) >= 11 is 0. The van der Waals surface area contributed by atoms with Gasteiger partial charge in [0.15, 0.2) is 16.7 Å². The molecule has 2 aromatic heterocycles. The summed E-state index contributed by atoms with van der Waals surface area (Å²) in [7, 11) is -0.498. The van der Waals surface area contributed by atoms with Gasteiger partial charge in [-0.05, 0) is 52.0 Å². The predicted molar refractivity (Wildman–Crippen MR) is 122 cm³/mol. The molecule has 1 aliphatic rings. The van der Waals surface area contributed by atoms with Crippen molar-refractivity contribution < 1.29 is 18.1 Å². The molecule has 1 fully saturated rings. The van der Waals surface area contributed by atoms with Crippen LogP contribution in [0.1, 0.15) is 27.7 Å². The lowest BCUT2D eigenvalue weighted by Gasteiger charge is -2.32. The first-order valence-electron chi connectivity index (χ1n) is 10.5. The molecule has 0 bridgehead atoms. The Labute approximate surface area is 180 Å². The Bertz CT molecular complexity index is 1430. The van der Waals surface area contributed by atoms with Crippen molar-refractivity contribution in [2.75, 3.05) is 0 Å². The van der Waals surface area contributed by atoms with E-state index < -0.39 is 18.3 Å². The maximum atomic E-state index is 6.41. The van der Waals surface area contributed by atoms with E-state index >= 15 is 0 Å². The summed E-state index contributed by atoms with van der Waals surface area (Å²) in [6.07, 6.45) is 0. The van der Waals surface area contributed by atoms with Crippen LogP contribution in [0.5, 0.6) is 0 Å². The molecule has 154 valence electrons. The van der Waals surface area contributed by atoms with Gasteiger partial charge in [-0.3, -0.25) is 0 Å². The Kier molecular flexibility index (Phi) is 3.74. The van der Waals surface area contributed by atoms with Crippen LogP contribution in [0.15, 0.2) is 69.5 Å². The molecule has 6 rings (SSSR count). The van der Waals surface area contributed by atoms with E-state index in [1.54, 1.807) is 0 Å². The van der Waals surface area contributed by atoms with Gasteiger partial charge in [0.1, 0.15) is 5.58 Å². The summed E-state index contributed by atoms with van der Waals surface area (Å²) in [6, 6.07) is 19.9. The third-order valence-electron chi connectivity index (χ3n) is 6.58. The smallest absolute Gasteiger partial charge is 0.454 e. The molecule has 1 aliphatic heterocycles. The fraction of sp³-hybridized carbons (Fsp3) is 0.240. The lowest BCUT2D eigenvalue weighted by Crippen LogP contribution is -2.41. The van der Waals surface area contributed by atoms with E-state index in [4.69, 9.17) is 23.1 Å². The SMILES string of the molecule is CC1(C)OB(c2cccc3c2oc2c3ccc3oc(-c4ccccc4)nc32)OC1(C)C. The van der Waals surface area contributed by atoms with Crippen molar-refractivity contribution in [3.05, 3.63) is 60.7 Å². The van der Waals surface area contributed by atoms with Gasteiger partial charge < -0.3 is 18.1 Å². The maximum absolute atomic E-state index is 6.41. The number of hydrogen-bond donors (Lipinski definition) is 0. The van der Waals surface area contributed by atoms with Crippen LogP contribution in [0.4, 0.5) is 0 Å². The Balaban J connectivity index is 1.55. The molecule has 3 aromatic carbocycles. The fourth-order valence-corrected chi connectivity index (χ4v) is 4.13. The molecular weight excluding hydrogens is 389 g/mol. The van der Waals surface area contributed by atoms with E-state index in [9.17, 15) is 0 Å². The van der Waals surface area contributed by atoms with Crippen LogP contribution in [0.3, 0.4) is 0 Å². The van der Waals surface area contributed by atoms with Gasteiger partial charge in [-0.1, -0.05) is 36.4 Å². The number of benzene rings is 3. The van der Waals surface area contributed by atoms with Crippen molar-refractivity contribution in [2.24, 2.45) is 0 Å². The summed E-state index contributed by atoms with van der Waals surface area (Å²) in [5.41, 5.74) is 3.85. The standard InChI is InChI=1S/C25H22BNO4/c1-24(2)25(3,4)31-26(30-24)18-12-8-11-16-17-13-14-19-20(22(17)29-21(16)18)27-23(28-19)15-9-6-5-7-10-15/h5-14H,1-4H3. The number of furan rings is 1. The van der Waals surface area contributed by atoms with Crippen molar-refractivity contribution in [2.45, 2.75) is 38.9 Å². The predicted octanol–water partition coefficient (Wildman–Crippen LogP) is 5.69. The van der Waals surface area contributed by atoms with Crippen LogP contribution < -0.4 is 5.46 Å². The second kappa shape index (κ2) is 6.22. The highest BCUT2D eigenvalue weighted by Gasteiger charge is 2.52. The van der Waals surface area contributed by atoms with E-state index in [0.717, 1.165) is 27.4 Å². The molecule has 31 heavy (non-hydrogen) atoms. The summed E-state index contributed by atoms with van der Waals surface area (Å²) in [5.74, 6) is 0.578. The van der Waals surface area contributed by atoms with Crippen molar-refractivity contribution in [1.82, 2.24) is 4.98 Å². The first-order valence-corrected chi connectivity index (χ1v) is 10.5. The molecule has 1 saturated heterocycles. The largest absolute Gasteiger partial charge is 0.498 e. The molecule has 6 heteroatoms. The minimum Gasteiger partial charge on any atom is -0.454 e. The third kappa shape index (κ3) is 2.68. The van der Waals surface area contributed by atoms with Crippen LogP contribution >= 0.6 is 0 Å². The lowest BCUT2D eigenvalue weighted by atomic mass is 9.78. The number of hydrogen-bond acceptors (Lipinski definition) is 5. The maximum Gasteiger partial charge on any atom is 0.498 e. The molecule has 0 radical (unpaired) electrons. The van der Waals surface area contributed by atoms with E-state index in [1.165, 1.54) is 0 Å². The average molecular weight is 411 g/mol. The number of rotatable bonds is 2. The molecule has 0 spiro atoms. The fourth-order valence-electron chi connectivity index (χ4n) is 4.13. The van der Waals surface area contributed by atoms with E-state index in [0.29, 0.717) is 22.6 Å². The second-order valence-electron chi connectivity index (χ2n) is 9.09. The molecule has 0 amide bonds. The van der Waals surface area contributed by atoms with Crippen molar-refractivity contribution in [3.63, 3.8) is 0 Å². The summed E-state index contributed by atoms with van der Waals surface area (Å²) in [6.45, 7) is 8.21. The topological polar surface area (TPSA) is 57.6 Å². The van der Waals surface area contributed by atoms with Crippen LogP contribution in [0.2, 0.25) is 0 Å². The number of para-hydroxylation sites is 1. The average Bonchev–Trinajstić information content (AvgIpc) is 3.40. The normalized spacial score (nSPS) is 17.9. The van der Waals surface area contributed by atoms with Crippen LogP contribution in [-0.4, -0.2) is 23.3 Å². The number of nitrogens with zero attached hydrogens (tertiary/aromatic N) is 1. The highest BCUT2D eigenvalue weighted by atomic mass is 16.7. The first-order chi connectivity index (χ1) is 14.8. The van der Waals surface area contributed by atoms with Crippen LogP contribution in [-0.2, 0) is 9.31 Å². The summed E-state index contributed by atoms with van der Waals surface area (Å²) in [5, 5.41) is 2.00. The van der Waals surface area contributed by atoms with Gasteiger partial charge in [-0.15, -0.1) is 0 Å². The number of oxazole rings is 1. The van der Waals surface area contributed by atoms with Gasteiger partial charge in [-0.2, -0.15) is 0 Å². The van der Waals surface area contributed by atoms with Gasteiger partial charge in [0.2, 0.25) is 5.89 Å². The summed E-state index contributed by atoms with van der Waals surface area (Å²) in [4.78, 5) is 4.76. The van der Waals surface area contributed by atoms with Crippen molar-refractivity contribution in [3.8, 4) is 11.5 Å². The molecule has 0 N–H and O–H groups in total. The van der Waals surface area contributed by atoms with Crippen molar-refractivity contribution in [1.29, 1.82) is 0 Å². The molecule has 3 heterocycles. The molecule has 0 atom stereocenters. The zero-order valence-electron chi connectivity index (χ0n) is 17.9. The Morgan fingerprint density at radius 3 is 2.16 bits per heavy atom. The molecule has 0 unspecified atom stereocenters. The Hall–Kier alpha value is -3.09. The van der Waals surface area contributed by atoms with E-state index in [1.807, 2.05) is 54.6 Å². The minimum absolute atomic E-state index is 0.421. The first kappa shape index (κ1) is 18.7. The quantitative estimate of drug-likeness (QED) is 0.349. The highest BCUT2D eigenvalue weighted by molar-refractivity contribution is 6.65. The molecular formula is C25H22BNO4. The van der Waals surface area contributed by atoms with Crippen LogP contribution in [0, 0.1) is 0 Å². The van der Waals surface area contributed by atoms with E-state index in [2.05, 4.69) is 33.8 Å².